The van der Waals surface area contributed by atoms with Gasteiger partial charge in [-0.05, 0) is 31.4 Å². The van der Waals surface area contributed by atoms with Crippen molar-refractivity contribution in [1.82, 2.24) is 9.78 Å². The third kappa shape index (κ3) is 2.95. The standard InChI is InChI=1S/C18H20N2O4/c21-18(17-12-22-9-10-23-17)24-11-15-14-7-4-8-16(14)20(19-15)13-5-2-1-3-6-13/h1-3,5-6,17H,4,7-12H2/t17-/m0/s1. The maximum atomic E-state index is 12.1. The van der Waals surface area contributed by atoms with Crippen LogP contribution < -0.4 is 0 Å². The van der Waals surface area contributed by atoms with Gasteiger partial charge in [0.15, 0.2) is 6.10 Å². The molecule has 1 saturated heterocycles. The highest BCUT2D eigenvalue weighted by Crippen LogP contribution is 2.28. The van der Waals surface area contributed by atoms with Crippen LogP contribution in [0.5, 0.6) is 0 Å². The van der Waals surface area contributed by atoms with Crippen molar-refractivity contribution in [3.63, 3.8) is 0 Å². The lowest BCUT2D eigenvalue weighted by atomic mass is 10.2. The lowest BCUT2D eigenvalue weighted by molar-refractivity contribution is -0.172. The summed E-state index contributed by atoms with van der Waals surface area (Å²) in [6.07, 6.45) is 2.48. The minimum absolute atomic E-state index is 0.181. The van der Waals surface area contributed by atoms with E-state index < -0.39 is 6.10 Å². The Morgan fingerprint density at radius 3 is 2.92 bits per heavy atom. The number of carbonyl (C=O) groups is 1. The summed E-state index contributed by atoms with van der Waals surface area (Å²) in [6, 6.07) is 10.1. The van der Waals surface area contributed by atoms with E-state index in [4.69, 9.17) is 14.2 Å². The minimum atomic E-state index is -0.622. The number of esters is 1. The number of para-hydroxylation sites is 1. The third-order valence-electron chi connectivity index (χ3n) is 4.44. The molecule has 0 N–H and O–H groups in total. The minimum Gasteiger partial charge on any atom is -0.457 e. The molecule has 0 radical (unpaired) electrons. The van der Waals surface area contributed by atoms with E-state index >= 15 is 0 Å². The molecule has 1 aliphatic carbocycles. The van der Waals surface area contributed by atoms with Gasteiger partial charge in [0.05, 0.1) is 25.5 Å². The zero-order valence-electron chi connectivity index (χ0n) is 13.4. The number of benzene rings is 1. The van der Waals surface area contributed by atoms with Crippen molar-refractivity contribution in [2.45, 2.75) is 32.0 Å². The molecule has 24 heavy (non-hydrogen) atoms. The molecule has 0 unspecified atom stereocenters. The van der Waals surface area contributed by atoms with E-state index in [1.165, 1.54) is 11.3 Å². The van der Waals surface area contributed by atoms with Gasteiger partial charge in [-0.15, -0.1) is 0 Å². The Kier molecular flexibility index (Phi) is 4.32. The van der Waals surface area contributed by atoms with Gasteiger partial charge in [0.25, 0.3) is 0 Å². The third-order valence-corrected chi connectivity index (χ3v) is 4.44. The molecule has 1 aliphatic heterocycles. The molecule has 1 aromatic carbocycles. The second-order valence-electron chi connectivity index (χ2n) is 6.01. The van der Waals surface area contributed by atoms with Crippen molar-refractivity contribution in [2.75, 3.05) is 19.8 Å². The molecule has 0 saturated carbocycles. The van der Waals surface area contributed by atoms with Crippen molar-refractivity contribution in [2.24, 2.45) is 0 Å². The summed E-state index contributed by atoms with van der Waals surface area (Å²) in [6.45, 7) is 1.40. The number of ether oxygens (including phenoxy) is 3. The van der Waals surface area contributed by atoms with Gasteiger partial charge in [0.1, 0.15) is 12.3 Å². The first-order valence-corrected chi connectivity index (χ1v) is 8.34. The Morgan fingerprint density at radius 1 is 1.25 bits per heavy atom. The monoisotopic (exact) mass is 328 g/mol. The number of hydrogen-bond acceptors (Lipinski definition) is 5. The molecule has 126 valence electrons. The highest BCUT2D eigenvalue weighted by atomic mass is 16.6. The number of nitrogens with zero attached hydrogens (tertiary/aromatic N) is 2. The van der Waals surface area contributed by atoms with Gasteiger partial charge in [-0.2, -0.15) is 5.10 Å². The molecule has 0 amide bonds. The Hall–Kier alpha value is -2.18. The van der Waals surface area contributed by atoms with Crippen molar-refractivity contribution in [3.8, 4) is 5.69 Å². The average Bonchev–Trinajstić information content (AvgIpc) is 3.24. The molecule has 2 aliphatic rings. The van der Waals surface area contributed by atoms with E-state index in [0.717, 1.165) is 30.6 Å². The van der Waals surface area contributed by atoms with Crippen molar-refractivity contribution < 1.29 is 19.0 Å². The zero-order valence-corrected chi connectivity index (χ0v) is 13.4. The lowest BCUT2D eigenvalue weighted by Crippen LogP contribution is -2.36. The van der Waals surface area contributed by atoms with E-state index in [0.29, 0.717) is 13.2 Å². The van der Waals surface area contributed by atoms with Crippen LogP contribution in [0.25, 0.3) is 5.69 Å². The quantitative estimate of drug-likeness (QED) is 0.801. The Balaban J connectivity index is 1.51. The first-order valence-electron chi connectivity index (χ1n) is 8.34. The number of rotatable bonds is 4. The van der Waals surface area contributed by atoms with Crippen molar-refractivity contribution >= 4 is 5.97 Å². The highest BCUT2D eigenvalue weighted by molar-refractivity contribution is 5.75. The average molecular weight is 328 g/mol. The summed E-state index contributed by atoms with van der Waals surface area (Å²) < 4.78 is 18.0. The molecule has 4 rings (SSSR count). The van der Waals surface area contributed by atoms with E-state index in [1.807, 2.05) is 35.0 Å². The second kappa shape index (κ2) is 6.75. The summed E-state index contributed by atoms with van der Waals surface area (Å²) in [5, 5.41) is 4.69. The Labute approximate surface area is 140 Å². The van der Waals surface area contributed by atoms with Crippen LogP contribution in [0.3, 0.4) is 0 Å². The van der Waals surface area contributed by atoms with Gasteiger partial charge < -0.3 is 14.2 Å². The lowest BCUT2D eigenvalue weighted by Gasteiger charge is -2.21. The Bertz CT molecular complexity index is 720. The summed E-state index contributed by atoms with van der Waals surface area (Å²) in [4.78, 5) is 12.1. The number of carbonyl (C=O) groups excluding carboxylic acids is 1. The fraction of sp³-hybridized carbons (Fsp3) is 0.444. The van der Waals surface area contributed by atoms with Gasteiger partial charge >= 0.3 is 5.97 Å². The van der Waals surface area contributed by atoms with Gasteiger partial charge in [-0.25, -0.2) is 9.48 Å². The van der Waals surface area contributed by atoms with Crippen LogP contribution >= 0.6 is 0 Å². The molecular weight excluding hydrogens is 308 g/mol. The fourth-order valence-corrected chi connectivity index (χ4v) is 3.27. The smallest absolute Gasteiger partial charge is 0.338 e. The van der Waals surface area contributed by atoms with Gasteiger partial charge in [-0.1, -0.05) is 18.2 Å². The molecule has 0 bridgehead atoms. The number of fused-ring (bicyclic) bond motifs is 1. The highest BCUT2D eigenvalue weighted by Gasteiger charge is 2.27. The maximum absolute atomic E-state index is 12.1. The van der Waals surface area contributed by atoms with Crippen LogP contribution in [0.4, 0.5) is 0 Å². The second-order valence-corrected chi connectivity index (χ2v) is 6.01. The SMILES string of the molecule is O=C(OCc1nn(-c2ccccc2)c2c1CCC2)[C@@H]1COCCO1. The molecule has 6 heteroatoms. The zero-order chi connectivity index (χ0) is 16.4. The summed E-state index contributed by atoms with van der Waals surface area (Å²) in [7, 11) is 0. The van der Waals surface area contributed by atoms with Crippen LogP contribution in [0, 0.1) is 0 Å². The van der Waals surface area contributed by atoms with Crippen LogP contribution in [0.2, 0.25) is 0 Å². The van der Waals surface area contributed by atoms with E-state index in [2.05, 4.69) is 5.10 Å². The first kappa shape index (κ1) is 15.4. The molecule has 0 spiro atoms. The molecule has 1 atom stereocenters. The van der Waals surface area contributed by atoms with Gasteiger partial charge in [-0.3, -0.25) is 0 Å². The first-order chi connectivity index (χ1) is 11.8. The molecule has 2 aromatic rings. The maximum Gasteiger partial charge on any atom is 0.338 e. The molecular formula is C18H20N2O4. The van der Waals surface area contributed by atoms with E-state index in [9.17, 15) is 4.79 Å². The summed E-state index contributed by atoms with van der Waals surface area (Å²) in [5.74, 6) is -0.379. The van der Waals surface area contributed by atoms with Crippen molar-refractivity contribution in [3.05, 3.63) is 47.3 Å². The van der Waals surface area contributed by atoms with Crippen LogP contribution in [0.1, 0.15) is 23.4 Å². The summed E-state index contributed by atoms with van der Waals surface area (Å²) in [5.41, 5.74) is 4.32. The van der Waals surface area contributed by atoms with Gasteiger partial charge in [0.2, 0.25) is 0 Å². The predicted molar refractivity (Wildman–Crippen MR) is 85.9 cm³/mol. The normalized spacial score (nSPS) is 19.9. The van der Waals surface area contributed by atoms with E-state index in [-0.39, 0.29) is 19.2 Å². The topological polar surface area (TPSA) is 62.6 Å². The molecule has 6 nitrogen and oxygen atoms in total. The van der Waals surface area contributed by atoms with Crippen LogP contribution in [-0.2, 0) is 38.5 Å². The predicted octanol–water partition coefficient (Wildman–Crippen LogP) is 1.82. The van der Waals surface area contributed by atoms with Gasteiger partial charge in [0, 0.05) is 11.3 Å². The Morgan fingerprint density at radius 2 is 2.12 bits per heavy atom. The van der Waals surface area contributed by atoms with Crippen LogP contribution in [0.15, 0.2) is 30.3 Å². The molecule has 1 fully saturated rings. The van der Waals surface area contributed by atoms with E-state index in [1.54, 1.807) is 0 Å². The fourth-order valence-electron chi connectivity index (χ4n) is 3.27. The molecule has 2 heterocycles. The van der Waals surface area contributed by atoms with Crippen LogP contribution in [-0.4, -0.2) is 41.7 Å². The van der Waals surface area contributed by atoms with Crippen molar-refractivity contribution in [1.29, 1.82) is 0 Å². The summed E-state index contributed by atoms with van der Waals surface area (Å²) >= 11 is 0. The largest absolute Gasteiger partial charge is 0.457 e. The number of hydrogen-bond donors (Lipinski definition) is 0. The number of aromatic nitrogens is 2. The molecule has 1 aromatic heterocycles.